The van der Waals surface area contributed by atoms with E-state index in [-0.39, 0.29) is 21.7 Å². The molecule has 5 aliphatic carbocycles. The summed E-state index contributed by atoms with van der Waals surface area (Å²) in [6.45, 7) is 27.4. The fourth-order valence-corrected chi connectivity index (χ4v) is 24.5. The highest BCUT2D eigenvalue weighted by Gasteiger charge is 2.50. The van der Waals surface area contributed by atoms with Gasteiger partial charge < -0.3 is 17.7 Å². The first kappa shape index (κ1) is 80.3. The molecule has 8 nitrogen and oxygen atoms in total. The number of rotatable bonds is 8. The van der Waals surface area contributed by atoms with Crippen molar-refractivity contribution in [2.24, 2.45) is 40.0 Å². The van der Waals surface area contributed by atoms with Crippen LogP contribution in [0.15, 0.2) is 309 Å². The van der Waals surface area contributed by atoms with Gasteiger partial charge in [-0.05, 0) is 249 Å². The number of benzene rings is 12. The third-order valence-electron chi connectivity index (χ3n) is 30.9. The molecule has 5 aliphatic rings. The Morgan fingerprint density at radius 3 is 0.984 bits per heavy atom. The zero-order valence-electron chi connectivity index (χ0n) is 76.5. The molecule has 25 rings (SSSR count). The van der Waals surface area contributed by atoms with Crippen molar-refractivity contribution < 1.29 is 35.9 Å². The predicted molar refractivity (Wildman–Crippen MR) is 525 cm³/mol. The van der Waals surface area contributed by atoms with Crippen LogP contribution >= 0.6 is 0 Å². The molecule has 630 valence electrons. The molecule has 1 saturated carbocycles. The summed E-state index contributed by atoms with van der Waals surface area (Å²) in [5, 5.41) is 9.62. The van der Waals surface area contributed by atoms with Crippen molar-refractivity contribution in [2.75, 3.05) is 0 Å². The number of nitrogens with zero attached hydrogens (tertiary/aromatic N) is 4. The number of aromatic nitrogens is 4. The predicted octanol–water partition coefficient (Wildman–Crippen LogP) is 29.4. The molecule has 0 aliphatic heterocycles. The fourth-order valence-electron chi connectivity index (χ4n) is 24.5. The van der Waals surface area contributed by atoms with Crippen molar-refractivity contribution in [1.29, 1.82) is 0 Å². The Morgan fingerprint density at radius 1 is 0.281 bits per heavy atom. The standard InChI is InChI=1S/C32H32NO.C30H26NO.C30H28NO.C28H24NO/c1-19(2)32(20(3)4)26-12-8-7-11-22(26)24-17-25-23-15-14-21(5)30(28-13-9-10-16-33(28)6)31(23)34-29(25)18-27(24)32;1-19-12-13-21-23-17-25-22(20-9-3-4-10-24(20)30(25)14-6-7-15-30)18-27(23)32-29(21)28(19)26-11-5-8-16-31(26)2;1-5-30(6-2)24-12-8-7-11-20(24)22-17-23-21-15-14-19(3)28(26-13-9-10-16-31(26)4)29(21)32-27(23)18-25(22)30;1-17-12-13-19-21-15-20-18-9-5-6-10-22(18)28(2,3)23(20)16-25(21)30-27(19)26(17)24-11-7-8-14-29(24)4/h7-20H,1-6H3;3-5,8-13,16-18H,6-7,14-15H2,1-2H3;7-18H,5-6H2,1-4H3;5-16H,1-4H3/q4*+1. The molecule has 0 radical (unpaired) electrons. The molecule has 8 heteroatoms. The minimum absolute atomic E-state index is 0.0241. The van der Waals surface area contributed by atoms with Crippen LogP contribution in [0.1, 0.15) is 161 Å². The maximum Gasteiger partial charge on any atom is 0.216 e. The maximum absolute atomic E-state index is 6.74. The number of hydrogen-bond donors (Lipinski definition) is 0. The largest absolute Gasteiger partial charge is 0.455 e. The van der Waals surface area contributed by atoms with Crippen LogP contribution in [0.3, 0.4) is 0 Å². The van der Waals surface area contributed by atoms with E-state index in [1.165, 1.54) is 219 Å². The molecular formula is C120H110N4O4+4. The lowest BCUT2D eigenvalue weighted by Gasteiger charge is -2.40. The Hall–Kier alpha value is -13.6. The highest BCUT2D eigenvalue weighted by Crippen LogP contribution is 2.62. The first-order valence-corrected chi connectivity index (χ1v) is 46.3. The van der Waals surface area contributed by atoms with Crippen LogP contribution in [-0.2, 0) is 49.9 Å². The van der Waals surface area contributed by atoms with E-state index in [0.29, 0.717) is 11.8 Å². The Kier molecular flexibility index (Phi) is 18.9. The lowest BCUT2D eigenvalue weighted by molar-refractivity contribution is -0.660. The highest BCUT2D eigenvalue weighted by atomic mass is 16.3. The second-order valence-corrected chi connectivity index (χ2v) is 38.4. The molecule has 0 saturated heterocycles. The third-order valence-corrected chi connectivity index (χ3v) is 30.9. The van der Waals surface area contributed by atoms with E-state index < -0.39 is 0 Å². The average Bonchev–Trinajstić information content (AvgIpc) is 1.51. The third kappa shape index (κ3) is 11.7. The van der Waals surface area contributed by atoms with E-state index in [9.17, 15) is 0 Å². The van der Waals surface area contributed by atoms with Gasteiger partial charge in [0.05, 0.1) is 22.3 Å². The van der Waals surface area contributed by atoms with Gasteiger partial charge in [-0.2, -0.15) is 0 Å². The quantitative estimate of drug-likeness (QED) is 0.142. The van der Waals surface area contributed by atoms with Gasteiger partial charge in [-0.3, -0.25) is 0 Å². The van der Waals surface area contributed by atoms with Crippen LogP contribution in [-0.4, -0.2) is 0 Å². The van der Waals surface area contributed by atoms with Gasteiger partial charge in [0.15, 0.2) is 24.8 Å². The fraction of sp³-hybridized carbons (Fsp3) is 0.233. The van der Waals surface area contributed by atoms with Gasteiger partial charge in [-0.1, -0.05) is 214 Å². The first-order valence-electron chi connectivity index (χ1n) is 46.3. The van der Waals surface area contributed by atoms with Crippen LogP contribution < -0.4 is 18.3 Å². The number of fused-ring (bicyclic) bond motifs is 26. The normalized spacial score (nSPS) is 14.7. The molecule has 1 spiro atoms. The van der Waals surface area contributed by atoms with Gasteiger partial charge in [-0.25, -0.2) is 18.3 Å². The topological polar surface area (TPSA) is 68.1 Å². The van der Waals surface area contributed by atoms with Gasteiger partial charge >= 0.3 is 0 Å². The SMILES string of the molecule is CCC1(CC)c2ccccc2-c2cc3c(cc21)oc1c(-c2cccc[n+]2C)c(C)ccc13.Cc1ccc2c(oc3cc4c(cc32)-c2ccccc2C4(C(C)C)C(C)C)c1-c1cccc[n+]1C.Cc1ccc2c(oc3cc4c(cc32)-c2ccccc2C4(C)C)c1-c1cccc[n+]1C.Cc1ccc2c(oc3cc4c(cc32)C2(CCCC2)c2ccccc2-4)c1-c1cccc[n+]1C. The van der Waals surface area contributed by atoms with E-state index >= 15 is 0 Å². The van der Waals surface area contributed by atoms with Crippen LogP contribution in [0.25, 0.3) is 177 Å². The number of furan rings is 4. The maximum atomic E-state index is 6.74. The van der Waals surface area contributed by atoms with Crippen LogP contribution in [0.2, 0.25) is 0 Å². The summed E-state index contributed by atoms with van der Waals surface area (Å²) in [5.74, 6) is 0.941. The van der Waals surface area contributed by atoms with Crippen molar-refractivity contribution in [3.63, 3.8) is 0 Å². The summed E-state index contributed by atoms with van der Waals surface area (Å²) in [6, 6.07) is 97.8. The molecule has 0 unspecified atom stereocenters. The number of pyridine rings is 4. The van der Waals surface area contributed by atoms with Gasteiger partial charge in [0.1, 0.15) is 72.9 Å². The van der Waals surface area contributed by atoms with Crippen molar-refractivity contribution in [1.82, 2.24) is 0 Å². The summed E-state index contributed by atoms with van der Waals surface area (Å²) < 4.78 is 35.3. The lowest BCUT2D eigenvalue weighted by Crippen LogP contribution is -2.37. The molecule has 12 aromatic carbocycles. The summed E-state index contributed by atoms with van der Waals surface area (Å²) in [7, 11) is 8.38. The minimum Gasteiger partial charge on any atom is -0.455 e. The Balaban J connectivity index is 0.000000101. The van der Waals surface area contributed by atoms with E-state index in [4.69, 9.17) is 17.7 Å². The zero-order valence-corrected chi connectivity index (χ0v) is 76.5. The molecule has 0 N–H and O–H groups in total. The van der Waals surface area contributed by atoms with E-state index in [1.807, 2.05) is 0 Å². The molecule has 20 aromatic rings. The second-order valence-electron chi connectivity index (χ2n) is 38.4. The summed E-state index contributed by atoms with van der Waals surface area (Å²) >= 11 is 0. The van der Waals surface area contributed by atoms with Crippen molar-refractivity contribution >= 4 is 87.8 Å². The molecule has 0 amide bonds. The summed E-state index contributed by atoms with van der Waals surface area (Å²) in [6.07, 6.45) is 15.7. The van der Waals surface area contributed by atoms with E-state index in [2.05, 4.69) is 421 Å². The first-order chi connectivity index (χ1) is 62.1. The van der Waals surface area contributed by atoms with Crippen LogP contribution in [0, 0.1) is 39.5 Å². The monoisotopic (exact) mass is 1670 g/mol. The van der Waals surface area contributed by atoms with E-state index in [1.54, 1.807) is 0 Å². The molecule has 1 fully saturated rings. The van der Waals surface area contributed by atoms with Crippen molar-refractivity contribution in [2.45, 2.75) is 143 Å². The van der Waals surface area contributed by atoms with Crippen LogP contribution in [0.4, 0.5) is 0 Å². The molecule has 128 heavy (non-hydrogen) atoms. The number of hydrogen-bond acceptors (Lipinski definition) is 4. The summed E-state index contributed by atoms with van der Waals surface area (Å²) in [5.41, 5.74) is 44.8. The molecule has 0 bridgehead atoms. The zero-order chi connectivity index (χ0) is 87.9. The summed E-state index contributed by atoms with van der Waals surface area (Å²) in [4.78, 5) is 0. The van der Waals surface area contributed by atoms with E-state index in [0.717, 1.165) is 63.2 Å². The lowest BCUT2D eigenvalue weighted by atomic mass is 9.63. The van der Waals surface area contributed by atoms with Crippen molar-refractivity contribution in [3.05, 3.63) is 358 Å². The molecule has 8 aromatic heterocycles. The Morgan fingerprint density at radius 2 is 0.586 bits per heavy atom. The smallest absolute Gasteiger partial charge is 0.216 e. The molecule has 0 atom stereocenters. The van der Waals surface area contributed by atoms with Gasteiger partial charge in [0, 0.05) is 113 Å². The number of aryl methyl sites for hydroxylation is 8. The van der Waals surface area contributed by atoms with Crippen molar-refractivity contribution in [3.8, 4) is 89.5 Å². The Labute approximate surface area is 750 Å². The average molecular weight is 1670 g/mol. The molecular weight excluding hydrogens is 1560 g/mol. The van der Waals surface area contributed by atoms with Gasteiger partial charge in [0.2, 0.25) is 22.8 Å². The van der Waals surface area contributed by atoms with Crippen LogP contribution in [0.5, 0.6) is 0 Å². The Bertz CT molecular complexity index is 7950. The van der Waals surface area contributed by atoms with Gasteiger partial charge in [0.25, 0.3) is 0 Å². The second kappa shape index (κ2) is 30.1. The van der Waals surface area contributed by atoms with Gasteiger partial charge in [-0.15, -0.1) is 0 Å². The molecule has 8 heterocycles. The minimum atomic E-state index is -0.0241. The highest BCUT2D eigenvalue weighted by molar-refractivity contribution is 6.16.